The third-order valence-electron chi connectivity index (χ3n) is 3.47. The Morgan fingerprint density at radius 1 is 1.39 bits per heavy atom. The van der Waals surface area contributed by atoms with Crippen LogP contribution in [-0.4, -0.2) is 25.9 Å². The third-order valence-corrected chi connectivity index (χ3v) is 3.47. The van der Waals surface area contributed by atoms with Gasteiger partial charge in [-0.25, -0.2) is 4.39 Å². The van der Waals surface area contributed by atoms with Gasteiger partial charge in [0.25, 0.3) is 0 Å². The molecular formula is C14H17FN2O. The fourth-order valence-corrected chi connectivity index (χ4v) is 2.38. The van der Waals surface area contributed by atoms with Crippen molar-refractivity contribution in [2.75, 3.05) is 20.2 Å². The summed E-state index contributed by atoms with van der Waals surface area (Å²) in [6, 6.07) is 2.08. The fourth-order valence-electron chi connectivity index (χ4n) is 2.38. The normalized spacial score (nSPS) is 23.1. The molecule has 0 amide bonds. The van der Waals surface area contributed by atoms with Gasteiger partial charge in [-0.05, 0) is 44.0 Å². The molecule has 18 heavy (non-hydrogen) atoms. The highest BCUT2D eigenvalue weighted by Crippen LogP contribution is 2.35. The van der Waals surface area contributed by atoms with Gasteiger partial charge in [0.05, 0.1) is 12.7 Å². The maximum Gasteiger partial charge on any atom is 0.138 e. The van der Waals surface area contributed by atoms with E-state index in [4.69, 9.17) is 10.00 Å². The van der Waals surface area contributed by atoms with Crippen LogP contribution >= 0.6 is 0 Å². The monoisotopic (exact) mass is 248 g/mol. The first-order chi connectivity index (χ1) is 8.69. The van der Waals surface area contributed by atoms with E-state index in [1.807, 2.05) is 6.08 Å². The molecule has 2 aliphatic rings. The molecule has 0 unspecified atom stereocenters. The topological polar surface area (TPSA) is 45.0 Å². The molecule has 1 N–H and O–H groups in total. The molecule has 0 aromatic rings. The minimum Gasteiger partial charge on any atom is -0.495 e. The van der Waals surface area contributed by atoms with E-state index >= 15 is 0 Å². The van der Waals surface area contributed by atoms with Crippen molar-refractivity contribution in [1.82, 2.24) is 5.32 Å². The summed E-state index contributed by atoms with van der Waals surface area (Å²) in [5.41, 5.74) is -0.183. The molecule has 0 atom stereocenters. The van der Waals surface area contributed by atoms with Crippen molar-refractivity contribution in [3.63, 3.8) is 0 Å². The second kappa shape index (κ2) is 5.36. The molecular weight excluding hydrogens is 231 g/mol. The molecule has 0 aromatic heterocycles. The van der Waals surface area contributed by atoms with Crippen LogP contribution in [0, 0.1) is 11.3 Å². The van der Waals surface area contributed by atoms with Crippen molar-refractivity contribution in [3.05, 3.63) is 35.1 Å². The van der Waals surface area contributed by atoms with Gasteiger partial charge in [0.2, 0.25) is 0 Å². The fraction of sp³-hybridized carbons (Fsp3) is 0.500. The summed E-state index contributed by atoms with van der Waals surface area (Å²) in [6.07, 6.45) is 6.80. The third kappa shape index (κ3) is 2.46. The predicted octanol–water partition coefficient (Wildman–Crippen LogP) is 2.39. The Bertz CT molecular complexity index is 451. The van der Waals surface area contributed by atoms with E-state index in [1.54, 1.807) is 12.2 Å². The summed E-state index contributed by atoms with van der Waals surface area (Å²) >= 11 is 0. The van der Waals surface area contributed by atoms with Gasteiger partial charge in [-0.2, -0.15) is 5.26 Å². The Morgan fingerprint density at radius 3 is 2.72 bits per heavy atom. The first-order valence-corrected chi connectivity index (χ1v) is 6.16. The van der Waals surface area contributed by atoms with Crippen LogP contribution in [0.4, 0.5) is 4.39 Å². The van der Waals surface area contributed by atoms with Crippen molar-refractivity contribution >= 4 is 0 Å². The molecule has 1 aliphatic heterocycles. The molecule has 4 heteroatoms. The highest BCUT2D eigenvalue weighted by Gasteiger charge is 2.35. The van der Waals surface area contributed by atoms with E-state index in [2.05, 4.69) is 11.4 Å². The first-order valence-electron chi connectivity index (χ1n) is 6.16. The highest BCUT2D eigenvalue weighted by molar-refractivity contribution is 5.47. The number of hydrogen-bond acceptors (Lipinski definition) is 3. The SMILES string of the molecule is COC1=CC(C2(F)CCNCC2)=CCC=C1C#N. The molecule has 0 bridgehead atoms. The average Bonchev–Trinajstić information content (AvgIpc) is 2.61. The van der Waals surface area contributed by atoms with E-state index < -0.39 is 5.67 Å². The van der Waals surface area contributed by atoms with E-state index in [0.29, 0.717) is 49.3 Å². The van der Waals surface area contributed by atoms with Gasteiger partial charge >= 0.3 is 0 Å². The lowest BCUT2D eigenvalue weighted by atomic mass is 9.85. The van der Waals surface area contributed by atoms with Crippen LogP contribution in [0.1, 0.15) is 19.3 Å². The number of piperidine rings is 1. The van der Waals surface area contributed by atoms with Gasteiger partial charge in [-0.15, -0.1) is 0 Å². The van der Waals surface area contributed by atoms with Crippen LogP contribution in [-0.2, 0) is 4.74 Å². The Balaban J connectivity index is 2.30. The van der Waals surface area contributed by atoms with Gasteiger partial charge < -0.3 is 10.1 Å². The Kier molecular flexibility index (Phi) is 3.83. The Morgan fingerprint density at radius 2 is 2.11 bits per heavy atom. The van der Waals surface area contributed by atoms with E-state index in [9.17, 15) is 4.39 Å². The molecule has 0 radical (unpaired) electrons. The molecule has 3 nitrogen and oxygen atoms in total. The van der Waals surface area contributed by atoms with Crippen molar-refractivity contribution in [2.24, 2.45) is 0 Å². The summed E-state index contributed by atoms with van der Waals surface area (Å²) in [5, 5.41) is 12.2. The molecule has 96 valence electrons. The number of hydrogen-bond donors (Lipinski definition) is 1. The number of rotatable bonds is 2. The van der Waals surface area contributed by atoms with Gasteiger partial charge in [-0.3, -0.25) is 0 Å². The van der Waals surface area contributed by atoms with Crippen molar-refractivity contribution in [1.29, 1.82) is 5.26 Å². The predicted molar refractivity (Wildman–Crippen MR) is 67.4 cm³/mol. The molecule has 1 heterocycles. The molecule has 1 fully saturated rings. The van der Waals surface area contributed by atoms with Gasteiger partial charge in [0, 0.05) is 0 Å². The minimum absolute atomic E-state index is 0.455. The number of methoxy groups -OCH3 is 1. The lowest BCUT2D eigenvalue weighted by Crippen LogP contribution is -2.39. The van der Waals surface area contributed by atoms with Crippen LogP contribution in [0.15, 0.2) is 35.1 Å². The number of allylic oxidation sites excluding steroid dienone is 5. The summed E-state index contributed by atoms with van der Waals surface area (Å²) in [5.74, 6) is 0.455. The highest BCUT2D eigenvalue weighted by atomic mass is 19.1. The number of ether oxygens (including phenoxy) is 1. The number of nitriles is 1. The zero-order valence-electron chi connectivity index (χ0n) is 10.5. The van der Waals surface area contributed by atoms with Crippen LogP contribution in [0.5, 0.6) is 0 Å². The van der Waals surface area contributed by atoms with Crippen molar-refractivity contribution in [3.8, 4) is 6.07 Å². The lowest BCUT2D eigenvalue weighted by molar-refractivity contribution is 0.161. The van der Waals surface area contributed by atoms with Gasteiger partial charge in [0.1, 0.15) is 17.5 Å². The molecule has 0 saturated carbocycles. The molecule has 1 saturated heterocycles. The van der Waals surface area contributed by atoms with Crippen LogP contribution in [0.3, 0.4) is 0 Å². The number of nitrogens with one attached hydrogen (secondary N) is 1. The molecule has 1 aliphatic carbocycles. The summed E-state index contributed by atoms with van der Waals surface area (Å²) < 4.78 is 20.1. The van der Waals surface area contributed by atoms with Crippen molar-refractivity contribution in [2.45, 2.75) is 24.9 Å². The van der Waals surface area contributed by atoms with Gasteiger partial charge in [-0.1, -0.05) is 12.2 Å². The lowest BCUT2D eigenvalue weighted by Gasteiger charge is -2.31. The second-order valence-electron chi connectivity index (χ2n) is 4.55. The largest absolute Gasteiger partial charge is 0.495 e. The Hall–Kier alpha value is -1.60. The van der Waals surface area contributed by atoms with E-state index in [-0.39, 0.29) is 0 Å². The van der Waals surface area contributed by atoms with Crippen LogP contribution in [0.25, 0.3) is 0 Å². The standard InChI is InChI=1S/C14H17FN2O/c1-18-13-9-12(4-2-3-11(13)10-16)14(15)5-7-17-8-6-14/h3-4,9,17H,2,5-8H2,1H3. The minimum atomic E-state index is -1.30. The van der Waals surface area contributed by atoms with Gasteiger partial charge in [0.15, 0.2) is 0 Å². The number of halogens is 1. The van der Waals surface area contributed by atoms with Crippen molar-refractivity contribution < 1.29 is 9.13 Å². The Labute approximate surface area is 107 Å². The quantitative estimate of drug-likeness (QED) is 0.816. The summed E-state index contributed by atoms with van der Waals surface area (Å²) in [4.78, 5) is 0. The number of nitrogens with zero attached hydrogens (tertiary/aromatic N) is 1. The van der Waals surface area contributed by atoms with Crippen LogP contribution < -0.4 is 5.32 Å². The maximum atomic E-state index is 14.9. The average molecular weight is 248 g/mol. The first kappa shape index (κ1) is 12.8. The summed E-state index contributed by atoms with van der Waals surface area (Å²) in [7, 11) is 1.51. The van der Waals surface area contributed by atoms with E-state index in [1.165, 1.54) is 7.11 Å². The molecule has 0 spiro atoms. The maximum absolute atomic E-state index is 14.9. The van der Waals surface area contributed by atoms with Crippen LogP contribution in [0.2, 0.25) is 0 Å². The second-order valence-corrected chi connectivity index (χ2v) is 4.55. The smallest absolute Gasteiger partial charge is 0.138 e. The number of alkyl halides is 1. The zero-order chi connectivity index (χ0) is 13.0. The molecule has 0 aromatic carbocycles. The molecule has 2 rings (SSSR count). The summed E-state index contributed by atoms with van der Waals surface area (Å²) in [6.45, 7) is 1.37. The van der Waals surface area contributed by atoms with E-state index in [0.717, 1.165) is 0 Å². The zero-order valence-corrected chi connectivity index (χ0v) is 10.5.